The molecule has 5 heteroatoms. The van der Waals surface area contributed by atoms with Crippen LogP contribution in [0.1, 0.15) is 5.89 Å². The van der Waals surface area contributed by atoms with Gasteiger partial charge in [0.15, 0.2) is 5.58 Å². The van der Waals surface area contributed by atoms with Gasteiger partial charge in [-0.05, 0) is 0 Å². The number of hydrogen-bond acceptors (Lipinski definition) is 4. The van der Waals surface area contributed by atoms with E-state index in [1.165, 1.54) is 0 Å². The number of hydrogen-bond donors (Lipinski definition) is 1. The first kappa shape index (κ1) is 8.96. The van der Waals surface area contributed by atoms with E-state index in [0.717, 1.165) is 11.1 Å². The second kappa shape index (κ2) is 3.51. The molecule has 64 valence electrons. The molecule has 0 spiro atoms. The first-order valence-electron chi connectivity index (χ1n) is 3.29. The number of aromatic nitrogens is 2. The molecule has 2 heterocycles. The minimum atomic E-state index is 0. The Morgan fingerprint density at radius 2 is 2.33 bits per heavy atom. The van der Waals surface area contributed by atoms with Crippen molar-refractivity contribution in [2.75, 3.05) is 0 Å². The van der Waals surface area contributed by atoms with E-state index in [4.69, 9.17) is 10.2 Å². The van der Waals surface area contributed by atoms with Crippen LogP contribution in [-0.2, 0) is 6.54 Å². The minimum absolute atomic E-state index is 0. The second-order valence-corrected chi connectivity index (χ2v) is 2.16. The zero-order valence-electron chi connectivity index (χ0n) is 6.23. The van der Waals surface area contributed by atoms with E-state index in [9.17, 15) is 0 Å². The molecule has 0 aliphatic carbocycles. The van der Waals surface area contributed by atoms with E-state index < -0.39 is 0 Å². The van der Waals surface area contributed by atoms with E-state index >= 15 is 0 Å². The maximum atomic E-state index is 5.34. The Bertz CT molecular complexity index is 340. The van der Waals surface area contributed by atoms with Crippen LogP contribution in [0, 0.1) is 0 Å². The summed E-state index contributed by atoms with van der Waals surface area (Å²) in [7, 11) is 0. The molecule has 2 N–H and O–H groups in total. The van der Waals surface area contributed by atoms with Gasteiger partial charge < -0.3 is 10.2 Å². The van der Waals surface area contributed by atoms with Crippen LogP contribution in [0.4, 0.5) is 0 Å². The fourth-order valence-corrected chi connectivity index (χ4v) is 0.915. The van der Waals surface area contributed by atoms with Crippen molar-refractivity contribution in [1.29, 1.82) is 0 Å². The summed E-state index contributed by atoms with van der Waals surface area (Å²) in [5.41, 5.74) is 6.83. The molecule has 0 saturated carbocycles. The second-order valence-electron chi connectivity index (χ2n) is 2.16. The lowest BCUT2D eigenvalue weighted by atomic mass is 10.4. The molecule has 2 aromatic heterocycles. The van der Waals surface area contributed by atoms with Gasteiger partial charge in [-0.15, -0.1) is 12.4 Å². The molecule has 2 aromatic rings. The van der Waals surface area contributed by atoms with Crippen molar-refractivity contribution in [3.63, 3.8) is 0 Å². The lowest BCUT2D eigenvalue weighted by molar-refractivity contribution is 0.533. The fraction of sp³-hybridized carbons (Fsp3) is 0.143. The summed E-state index contributed by atoms with van der Waals surface area (Å²) in [5.74, 6) is 0.549. The molecule has 0 saturated heterocycles. The molecule has 0 atom stereocenters. The lowest BCUT2D eigenvalue weighted by Gasteiger charge is -1.80. The summed E-state index contributed by atoms with van der Waals surface area (Å²) in [4.78, 5) is 7.97. The van der Waals surface area contributed by atoms with Crippen LogP contribution in [0.5, 0.6) is 0 Å². The Labute approximate surface area is 75.2 Å². The summed E-state index contributed by atoms with van der Waals surface area (Å²) in [6.45, 7) is 0.328. The third-order valence-electron chi connectivity index (χ3n) is 1.41. The van der Waals surface area contributed by atoms with Crippen molar-refractivity contribution in [2.24, 2.45) is 5.73 Å². The quantitative estimate of drug-likeness (QED) is 0.723. The van der Waals surface area contributed by atoms with Crippen molar-refractivity contribution >= 4 is 23.5 Å². The van der Waals surface area contributed by atoms with Gasteiger partial charge in [0, 0.05) is 12.3 Å². The predicted molar refractivity (Wildman–Crippen MR) is 46.9 cm³/mol. The number of oxazole rings is 1. The molecule has 0 aromatic carbocycles. The highest BCUT2D eigenvalue weighted by molar-refractivity contribution is 5.85. The van der Waals surface area contributed by atoms with Gasteiger partial charge >= 0.3 is 0 Å². The minimum Gasteiger partial charge on any atom is -0.439 e. The Hall–Kier alpha value is -1.13. The first-order chi connectivity index (χ1) is 5.40. The number of pyridine rings is 1. The van der Waals surface area contributed by atoms with E-state index in [0.29, 0.717) is 12.4 Å². The van der Waals surface area contributed by atoms with Crippen molar-refractivity contribution < 1.29 is 4.42 Å². The van der Waals surface area contributed by atoms with E-state index in [1.807, 2.05) is 0 Å². The Morgan fingerprint density at radius 3 is 3.00 bits per heavy atom. The Balaban J connectivity index is 0.000000720. The Morgan fingerprint density at radius 1 is 1.50 bits per heavy atom. The maximum absolute atomic E-state index is 5.34. The van der Waals surface area contributed by atoms with Crippen LogP contribution < -0.4 is 5.73 Å². The van der Waals surface area contributed by atoms with Crippen molar-refractivity contribution in [3.8, 4) is 0 Å². The van der Waals surface area contributed by atoms with Crippen LogP contribution in [0.25, 0.3) is 11.1 Å². The summed E-state index contributed by atoms with van der Waals surface area (Å²) in [6.07, 6.45) is 3.31. The van der Waals surface area contributed by atoms with Crippen molar-refractivity contribution in [3.05, 3.63) is 24.4 Å². The molecule has 12 heavy (non-hydrogen) atoms. The van der Waals surface area contributed by atoms with Crippen molar-refractivity contribution in [2.45, 2.75) is 6.54 Å². The molecule has 0 amide bonds. The highest BCUT2D eigenvalue weighted by Crippen LogP contribution is 2.12. The molecule has 0 unspecified atom stereocenters. The standard InChI is InChI=1S/C7H7N3O.ClH/c8-3-7-10-5-4-9-2-1-6(5)11-7;/h1-2,4H,3,8H2;1H. The third-order valence-corrected chi connectivity index (χ3v) is 1.41. The van der Waals surface area contributed by atoms with Gasteiger partial charge in [0.2, 0.25) is 5.89 Å². The average molecular weight is 186 g/mol. The summed E-state index contributed by atoms with van der Waals surface area (Å²) in [5, 5.41) is 0. The topological polar surface area (TPSA) is 64.9 Å². The Kier molecular flexibility index (Phi) is 2.62. The lowest BCUT2D eigenvalue weighted by Crippen LogP contribution is -1.94. The van der Waals surface area contributed by atoms with Gasteiger partial charge in [-0.1, -0.05) is 0 Å². The third kappa shape index (κ3) is 1.39. The van der Waals surface area contributed by atoms with E-state index in [1.54, 1.807) is 18.5 Å². The molecule has 0 bridgehead atoms. The zero-order chi connectivity index (χ0) is 7.68. The van der Waals surface area contributed by atoms with Gasteiger partial charge in [0.1, 0.15) is 5.52 Å². The monoisotopic (exact) mass is 185 g/mol. The summed E-state index contributed by atoms with van der Waals surface area (Å²) < 4.78 is 5.24. The molecular formula is C7H8ClN3O. The highest BCUT2D eigenvalue weighted by Gasteiger charge is 2.01. The van der Waals surface area contributed by atoms with Gasteiger partial charge in [-0.3, -0.25) is 4.98 Å². The first-order valence-corrected chi connectivity index (χ1v) is 3.29. The van der Waals surface area contributed by atoms with E-state index in [-0.39, 0.29) is 12.4 Å². The zero-order valence-corrected chi connectivity index (χ0v) is 7.04. The molecule has 4 nitrogen and oxygen atoms in total. The normalized spacial score (nSPS) is 9.75. The van der Waals surface area contributed by atoms with E-state index in [2.05, 4.69) is 9.97 Å². The number of nitrogens with two attached hydrogens (primary N) is 1. The van der Waals surface area contributed by atoms with Crippen LogP contribution in [0.15, 0.2) is 22.9 Å². The SMILES string of the molecule is Cl.NCc1nc2cnccc2o1. The van der Waals surface area contributed by atoms with Gasteiger partial charge in [-0.25, -0.2) is 4.98 Å². The van der Waals surface area contributed by atoms with Gasteiger partial charge in [0.25, 0.3) is 0 Å². The van der Waals surface area contributed by atoms with Crippen LogP contribution >= 0.6 is 12.4 Å². The molecule has 0 radical (unpaired) electrons. The largest absolute Gasteiger partial charge is 0.439 e. The maximum Gasteiger partial charge on any atom is 0.209 e. The molecular weight excluding hydrogens is 178 g/mol. The van der Waals surface area contributed by atoms with Crippen LogP contribution in [0.2, 0.25) is 0 Å². The van der Waals surface area contributed by atoms with Crippen LogP contribution in [-0.4, -0.2) is 9.97 Å². The number of rotatable bonds is 1. The summed E-state index contributed by atoms with van der Waals surface area (Å²) in [6, 6.07) is 1.77. The molecule has 2 rings (SSSR count). The predicted octanol–water partition coefficient (Wildman–Crippen LogP) is 1.10. The van der Waals surface area contributed by atoms with Crippen LogP contribution in [0.3, 0.4) is 0 Å². The molecule has 0 fully saturated rings. The number of halogens is 1. The number of fused-ring (bicyclic) bond motifs is 1. The average Bonchev–Trinajstić information content (AvgIpc) is 2.46. The molecule has 0 aliphatic rings. The van der Waals surface area contributed by atoms with Gasteiger partial charge in [-0.2, -0.15) is 0 Å². The summed E-state index contributed by atoms with van der Waals surface area (Å²) >= 11 is 0. The van der Waals surface area contributed by atoms with Gasteiger partial charge in [0.05, 0.1) is 12.7 Å². The van der Waals surface area contributed by atoms with Crippen molar-refractivity contribution in [1.82, 2.24) is 9.97 Å². The highest BCUT2D eigenvalue weighted by atomic mass is 35.5. The number of nitrogens with zero attached hydrogens (tertiary/aromatic N) is 2. The molecule has 0 aliphatic heterocycles. The fourth-order valence-electron chi connectivity index (χ4n) is 0.915. The smallest absolute Gasteiger partial charge is 0.209 e.